The molecular weight excluding hydrogens is 379 g/mol. The van der Waals surface area contributed by atoms with Crippen LogP contribution >= 0.6 is 0 Å². The van der Waals surface area contributed by atoms with E-state index < -0.39 is 40.3 Å². The molecule has 2 aromatic rings. The molecule has 0 atom stereocenters. The van der Waals surface area contributed by atoms with E-state index in [2.05, 4.69) is 15.2 Å². The first-order chi connectivity index (χ1) is 12.9. The minimum atomic E-state index is -4.66. The van der Waals surface area contributed by atoms with Gasteiger partial charge in [0.15, 0.2) is 5.69 Å². The number of alkyl halides is 3. The lowest BCUT2D eigenvalue weighted by molar-refractivity contribution is -0.146. The van der Waals surface area contributed by atoms with Gasteiger partial charge in [-0.05, 0) is 32.9 Å². The summed E-state index contributed by atoms with van der Waals surface area (Å²) in [5.74, 6) is -1.78. The Morgan fingerprint density at radius 2 is 1.79 bits per heavy atom. The molecule has 1 amide bonds. The number of nitrogens with one attached hydrogen (secondary N) is 1. The maximum Gasteiger partial charge on any atom is 0.418 e. The van der Waals surface area contributed by atoms with Crippen molar-refractivity contribution in [2.45, 2.75) is 32.5 Å². The number of amides is 1. The molecule has 0 saturated heterocycles. The Hall–Kier alpha value is -3.17. The molecule has 1 aromatic carbocycles. The van der Waals surface area contributed by atoms with Crippen molar-refractivity contribution in [3.8, 4) is 5.69 Å². The van der Waals surface area contributed by atoms with Crippen LogP contribution in [0.3, 0.4) is 0 Å². The average Bonchev–Trinajstić information content (AvgIpc) is 2.59. The fourth-order valence-corrected chi connectivity index (χ4v) is 2.50. The molecule has 7 nitrogen and oxygen atoms in total. The molecule has 0 aliphatic heterocycles. The lowest BCUT2D eigenvalue weighted by atomic mass is 10.1. The van der Waals surface area contributed by atoms with Crippen LogP contribution in [0.1, 0.15) is 35.6 Å². The van der Waals surface area contributed by atoms with E-state index in [9.17, 15) is 27.6 Å². The van der Waals surface area contributed by atoms with Crippen LogP contribution in [0.5, 0.6) is 0 Å². The van der Waals surface area contributed by atoms with Gasteiger partial charge < -0.3 is 10.1 Å². The summed E-state index contributed by atoms with van der Waals surface area (Å²) in [6, 6.07) is 5.64. The first-order valence-corrected chi connectivity index (χ1v) is 8.07. The van der Waals surface area contributed by atoms with Crippen LogP contribution in [0.15, 0.2) is 35.1 Å². The molecule has 0 fully saturated rings. The molecule has 1 N–H and O–H groups in total. The normalized spacial score (nSPS) is 11.8. The summed E-state index contributed by atoms with van der Waals surface area (Å²) in [6.07, 6.45) is -4.66. The third-order valence-electron chi connectivity index (χ3n) is 3.88. The smallest absolute Gasteiger partial charge is 0.418 e. The largest absolute Gasteiger partial charge is 0.467 e. The standard InChI is InChI=1S/C18H18F3N3O4/c1-10-9-13(25)14(15(26)22-17(2,3)16(27)28-4)23-24(10)12-8-6-5-7-11(12)18(19,20)21/h5-9H,1-4H3,(H,22,26). The first-order valence-electron chi connectivity index (χ1n) is 8.07. The van der Waals surface area contributed by atoms with Crippen LogP contribution in [-0.2, 0) is 15.7 Å². The Kier molecular flexibility index (Phi) is 5.62. The lowest BCUT2D eigenvalue weighted by Crippen LogP contribution is -2.51. The van der Waals surface area contributed by atoms with Crippen molar-refractivity contribution in [3.63, 3.8) is 0 Å². The van der Waals surface area contributed by atoms with Gasteiger partial charge in [-0.3, -0.25) is 9.59 Å². The van der Waals surface area contributed by atoms with Crippen molar-refractivity contribution >= 4 is 11.9 Å². The molecule has 0 bridgehead atoms. The van der Waals surface area contributed by atoms with Crippen LogP contribution in [0, 0.1) is 6.92 Å². The number of esters is 1. The van der Waals surface area contributed by atoms with E-state index in [1.54, 1.807) is 0 Å². The summed E-state index contributed by atoms with van der Waals surface area (Å²) in [7, 11) is 1.13. The topological polar surface area (TPSA) is 90.3 Å². The van der Waals surface area contributed by atoms with Crippen molar-refractivity contribution in [1.82, 2.24) is 15.1 Å². The number of carbonyl (C=O) groups excluding carboxylic acids is 2. The number of methoxy groups -OCH3 is 1. The molecular formula is C18H18F3N3O4. The van der Waals surface area contributed by atoms with Gasteiger partial charge in [-0.15, -0.1) is 0 Å². The molecule has 0 spiro atoms. The molecule has 1 aromatic heterocycles. The number of ether oxygens (including phenoxy) is 1. The maximum absolute atomic E-state index is 13.3. The average molecular weight is 397 g/mol. The zero-order valence-electron chi connectivity index (χ0n) is 15.5. The van der Waals surface area contributed by atoms with E-state index in [1.807, 2.05) is 0 Å². The Bertz CT molecular complexity index is 981. The number of halogens is 3. The summed E-state index contributed by atoms with van der Waals surface area (Å²) in [6.45, 7) is 4.09. The van der Waals surface area contributed by atoms with Crippen molar-refractivity contribution in [2.24, 2.45) is 0 Å². The minimum absolute atomic E-state index is 0.102. The van der Waals surface area contributed by atoms with Gasteiger partial charge in [0.05, 0.1) is 18.4 Å². The second-order valence-electron chi connectivity index (χ2n) is 6.50. The number of aryl methyl sites for hydroxylation is 1. The van der Waals surface area contributed by atoms with E-state index in [0.717, 1.165) is 23.9 Å². The van der Waals surface area contributed by atoms with Gasteiger partial charge in [-0.25, -0.2) is 9.48 Å². The van der Waals surface area contributed by atoms with E-state index in [-0.39, 0.29) is 11.4 Å². The zero-order valence-corrected chi connectivity index (χ0v) is 15.5. The summed E-state index contributed by atoms with van der Waals surface area (Å²) >= 11 is 0. The molecule has 1 heterocycles. The van der Waals surface area contributed by atoms with Gasteiger partial charge >= 0.3 is 12.1 Å². The Morgan fingerprint density at radius 3 is 2.36 bits per heavy atom. The van der Waals surface area contributed by atoms with Crippen molar-refractivity contribution in [3.05, 3.63) is 57.5 Å². The molecule has 10 heteroatoms. The van der Waals surface area contributed by atoms with Crippen LogP contribution in [-0.4, -0.2) is 34.3 Å². The van der Waals surface area contributed by atoms with Crippen LogP contribution < -0.4 is 10.7 Å². The van der Waals surface area contributed by atoms with E-state index in [0.29, 0.717) is 0 Å². The summed E-state index contributed by atoms with van der Waals surface area (Å²) < 4.78 is 45.4. The predicted octanol–water partition coefficient (Wildman–Crippen LogP) is 2.24. The highest BCUT2D eigenvalue weighted by Gasteiger charge is 2.35. The van der Waals surface area contributed by atoms with Gasteiger partial charge in [0.25, 0.3) is 5.91 Å². The highest BCUT2D eigenvalue weighted by molar-refractivity contribution is 5.96. The van der Waals surface area contributed by atoms with Crippen LogP contribution in [0.25, 0.3) is 5.69 Å². The number of aromatic nitrogens is 2. The van der Waals surface area contributed by atoms with E-state index >= 15 is 0 Å². The van der Waals surface area contributed by atoms with Gasteiger partial charge in [-0.2, -0.15) is 18.3 Å². The third-order valence-corrected chi connectivity index (χ3v) is 3.88. The number of benzene rings is 1. The Labute approximate surface area is 158 Å². The molecule has 0 radical (unpaired) electrons. The number of hydrogen-bond acceptors (Lipinski definition) is 5. The molecule has 0 aliphatic carbocycles. The second kappa shape index (κ2) is 7.45. The number of hydrogen-bond donors (Lipinski definition) is 1. The van der Waals surface area contributed by atoms with Gasteiger partial charge in [-0.1, -0.05) is 12.1 Å². The minimum Gasteiger partial charge on any atom is -0.467 e. The van der Waals surface area contributed by atoms with Gasteiger partial charge in [0.1, 0.15) is 5.54 Å². The molecule has 0 aliphatic rings. The lowest BCUT2D eigenvalue weighted by Gasteiger charge is -2.23. The van der Waals surface area contributed by atoms with E-state index in [4.69, 9.17) is 0 Å². The highest BCUT2D eigenvalue weighted by Crippen LogP contribution is 2.33. The van der Waals surface area contributed by atoms with Crippen molar-refractivity contribution in [2.75, 3.05) is 7.11 Å². The monoisotopic (exact) mass is 397 g/mol. The maximum atomic E-state index is 13.3. The Balaban J connectivity index is 2.57. The Morgan fingerprint density at radius 1 is 1.18 bits per heavy atom. The summed E-state index contributed by atoms with van der Waals surface area (Å²) in [4.78, 5) is 36.4. The molecule has 28 heavy (non-hydrogen) atoms. The zero-order chi connectivity index (χ0) is 21.3. The number of para-hydroxylation sites is 1. The van der Waals surface area contributed by atoms with Gasteiger partial charge in [0, 0.05) is 11.8 Å². The quantitative estimate of drug-likeness (QED) is 0.800. The SMILES string of the molecule is COC(=O)C(C)(C)NC(=O)c1nn(-c2ccccc2C(F)(F)F)c(C)cc1=O. The van der Waals surface area contributed by atoms with Crippen molar-refractivity contribution in [1.29, 1.82) is 0 Å². The first kappa shape index (κ1) is 21.1. The van der Waals surface area contributed by atoms with E-state index in [1.165, 1.54) is 39.0 Å². The van der Waals surface area contributed by atoms with Crippen molar-refractivity contribution < 1.29 is 27.5 Å². The van der Waals surface area contributed by atoms with Crippen LogP contribution in [0.2, 0.25) is 0 Å². The molecule has 150 valence electrons. The molecule has 2 rings (SSSR count). The number of carbonyl (C=O) groups is 2. The number of rotatable bonds is 4. The summed E-state index contributed by atoms with van der Waals surface area (Å²) in [5, 5.41) is 6.12. The predicted molar refractivity (Wildman–Crippen MR) is 93.1 cm³/mol. The van der Waals surface area contributed by atoms with Gasteiger partial charge in [0.2, 0.25) is 5.43 Å². The fraction of sp³-hybridized carbons (Fsp3) is 0.333. The summed E-state index contributed by atoms with van der Waals surface area (Å²) in [5.41, 5.74) is -4.13. The highest BCUT2D eigenvalue weighted by atomic mass is 19.4. The van der Waals surface area contributed by atoms with Crippen LogP contribution in [0.4, 0.5) is 13.2 Å². The second-order valence-corrected chi connectivity index (χ2v) is 6.50. The third kappa shape index (κ3) is 4.21. The fourth-order valence-electron chi connectivity index (χ4n) is 2.50. The number of nitrogens with zero attached hydrogens (tertiary/aromatic N) is 2. The molecule has 0 unspecified atom stereocenters. The molecule has 0 saturated carbocycles.